The minimum absolute atomic E-state index is 0.0280. The molecule has 7 heteroatoms. The molecule has 2 aromatic rings. The Morgan fingerprint density at radius 2 is 2.29 bits per heavy atom. The molecule has 0 radical (unpaired) electrons. The van der Waals surface area contributed by atoms with E-state index >= 15 is 0 Å². The Labute approximate surface area is 132 Å². The molecule has 0 saturated carbocycles. The maximum absolute atomic E-state index is 6.34. The Morgan fingerprint density at radius 1 is 1.43 bits per heavy atom. The molecule has 0 amide bonds. The second-order valence-electron chi connectivity index (χ2n) is 4.93. The summed E-state index contributed by atoms with van der Waals surface area (Å²) < 4.78 is 13.8. The molecule has 1 saturated heterocycles. The van der Waals surface area contributed by atoms with E-state index in [4.69, 9.17) is 32.7 Å². The quantitative estimate of drug-likeness (QED) is 0.864. The summed E-state index contributed by atoms with van der Waals surface area (Å²) in [6, 6.07) is 5.30. The van der Waals surface area contributed by atoms with Crippen molar-refractivity contribution >= 4 is 23.2 Å². The largest absolute Gasteiger partial charge is 0.342 e. The molecule has 1 aliphatic rings. The smallest absolute Gasteiger partial charge is 0.217 e. The molecule has 1 aromatic carbocycles. The molecular weight excluding hydrogens is 313 g/mol. The summed E-state index contributed by atoms with van der Waals surface area (Å²) in [7, 11) is 0. The van der Waals surface area contributed by atoms with Crippen LogP contribution in [0.15, 0.2) is 30.9 Å². The van der Waals surface area contributed by atoms with Crippen LogP contribution in [-0.4, -0.2) is 27.5 Å². The van der Waals surface area contributed by atoms with Crippen molar-refractivity contribution < 1.29 is 9.47 Å². The fraction of sp³-hybridized carbons (Fsp3) is 0.429. The second kappa shape index (κ2) is 5.93. The number of rotatable bonds is 4. The Morgan fingerprint density at radius 3 is 2.90 bits per heavy atom. The molecule has 21 heavy (non-hydrogen) atoms. The molecule has 0 aliphatic carbocycles. The van der Waals surface area contributed by atoms with Crippen molar-refractivity contribution in [1.82, 2.24) is 14.8 Å². The first-order valence-electron chi connectivity index (χ1n) is 6.72. The van der Waals surface area contributed by atoms with Gasteiger partial charge in [0.2, 0.25) is 5.79 Å². The molecule has 0 spiro atoms. The molecule has 0 N–H and O–H groups in total. The van der Waals surface area contributed by atoms with E-state index in [0.29, 0.717) is 23.2 Å². The molecule has 112 valence electrons. The Balaban J connectivity index is 1.99. The predicted octanol–water partition coefficient (Wildman–Crippen LogP) is 3.26. The minimum atomic E-state index is -0.962. The lowest BCUT2D eigenvalue weighted by atomic mass is 10.1. The first kappa shape index (κ1) is 14.8. The number of hydrogen-bond donors (Lipinski definition) is 0. The summed E-state index contributed by atoms with van der Waals surface area (Å²) in [5.74, 6) is -0.962. The molecule has 1 unspecified atom stereocenters. The van der Waals surface area contributed by atoms with E-state index in [1.165, 1.54) is 6.33 Å². The van der Waals surface area contributed by atoms with E-state index in [2.05, 4.69) is 17.0 Å². The fourth-order valence-corrected chi connectivity index (χ4v) is 2.95. The third-order valence-corrected chi connectivity index (χ3v) is 4.04. The van der Waals surface area contributed by atoms with Crippen LogP contribution in [0.4, 0.5) is 0 Å². The van der Waals surface area contributed by atoms with Crippen LogP contribution in [0.3, 0.4) is 0 Å². The topological polar surface area (TPSA) is 49.2 Å². The van der Waals surface area contributed by atoms with Gasteiger partial charge in [0.15, 0.2) is 0 Å². The summed E-state index contributed by atoms with van der Waals surface area (Å²) in [5.41, 5.74) is 0.750. The van der Waals surface area contributed by atoms with Crippen molar-refractivity contribution in [2.45, 2.75) is 31.8 Å². The van der Waals surface area contributed by atoms with Gasteiger partial charge in [-0.25, -0.2) is 9.67 Å². The minimum Gasteiger partial charge on any atom is -0.342 e. The van der Waals surface area contributed by atoms with E-state index in [1.54, 1.807) is 23.1 Å². The summed E-state index contributed by atoms with van der Waals surface area (Å²) in [6.45, 7) is 2.96. The van der Waals surface area contributed by atoms with Gasteiger partial charge in [0.05, 0.1) is 17.7 Å². The number of halogens is 2. The maximum Gasteiger partial charge on any atom is 0.217 e. The average molecular weight is 328 g/mol. The Kier molecular flexibility index (Phi) is 4.17. The normalized spacial score (nSPS) is 25.4. The lowest BCUT2D eigenvalue weighted by Crippen LogP contribution is -2.34. The van der Waals surface area contributed by atoms with Gasteiger partial charge in [-0.15, -0.1) is 0 Å². The van der Waals surface area contributed by atoms with Crippen LogP contribution < -0.4 is 0 Å². The van der Waals surface area contributed by atoms with Crippen molar-refractivity contribution in [2.75, 3.05) is 6.61 Å². The SMILES string of the molecule is CCC1CO[C@](Cn2cncn2)(c2ccc(Cl)cc2Cl)O1. The molecule has 3 rings (SSSR count). The summed E-state index contributed by atoms with van der Waals surface area (Å²) in [6.07, 6.45) is 3.99. The zero-order valence-corrected chi connectivity index (χ0v) is 13.0. The highest BCUT2D eigenvalue weighted by Gasteiger charge is 2.44. The second-order valence-corrected chi connectivity index (χ2v) is 5.77. The summed E-state index contributed by atoms with van der Waals surface area (Å²) in [5, 5.41) is 5.21. The molecule has 1 aliphatic heterocycles. The molecule has 1 aromatic heterocycles. The van der Waals surface area contributed by atoms with Gasteiger partial charge in [-0.2, -0.15) is 5.10 Å². The molecular formula is C14H15Cl2N3O2. The van der Waals surface area contributed by atoms with Gasteiger partial charge in [0.1, 0.15) is 19.2 Å². The third-order valence-electron chi connectivity index (χ3n) is 3.49. The van der Waals surface area contributed by atoms with Crippen LogP contribution >= 0.6 is 23.2 Å². The number of nitrogens with zero attached hydrogens (tertiary/aromatic N) is 3. The van der Waals surface area contributed by atoms with Gasteiger partial charge >= 0.3 is 0 Å². The highest BCUT2D eigenvalue weighted by Crippen LogP contribution is 2.40. The van der Waals surface area contributed by atoms with Crippen LogP contribution in [0.2, 0.25) is 10.0 Å². The highest BCUT2D eigenvalue weighted by molar-refractivity contribution is 6.35. The molecule has 2 atom stereocenters. The van der Waals surface area contributed by atoms with Crippen molar-refractivity contribution in [2.24, 2.45) is 0 Å². The number of hydrogen-bond acceptors (Lipinski definition) is 4. The first-order chi connectivity index (χ1) is 10.1. The van der Waals surface area contributed by atoms with E-state index < -0.39 is 5.79 Å². The average Bonchev–Trinajstić information content (AvgIpc) is 3.09. The van der Waals surface area contributed by atoms with E-state index in [-0.39, 0.29) is 6.10 Å². The lowest BCUT2D eigenvalue weighted by Gasteiger charge is -2.29. The van der Waals surface area contributed by atoms with Crippen LogP contribution in [0.5, 0.6) is 0 Å². The van der Waals surface area contributed by atoms with Crippen molar-refractivity contribution in [1.29, 1.82) is 0 Å². The van der Waals surface area contributed by atoms with Crippen molar-refractivity contribution in [3.05, 3.63) is 46.5 Å². The van der Waals surface area contributed by atoms with Crippen LogP contribution in [0.25, 0.3) is 0 Å². The fourth-order valence-electron chi connectivity index (χ4n) is 2.40. The van der Waals surface area contributed by atoms with Gasteiger partial charge in [0.25, 0.3) is 0 Å². The van der Waals surface area contributed by atoms with Crippen molar-refractivity contribution in [3.63, 3.8) is 0 Å². The van der Waals surface area contributed by atoms with Gasteiger partial charge in [-0.3, -0.25) is 0 Å². The Hall–Kier alpha value is -1.14. The van der Waals surface area contributed by atoms with Gasteiger partial charge < -0.3 is 9.47 Å². The predicted molar refractivity (Wildman–Crippen MR) is 79.3 cm³/mol. The van der Waals surface area contributed by atoms with Crippen molar-refractivity contribution in [3.8, 4) is 0 Å². The van der Waals surface area contributed by atoms with E-state index in [9.17, 15) is 0 Å². The number of aromatic nitrogens is 3. The zero-order chi connectivity index (χ0) is 14.9. The van der Waals surface area contributed by atoms with Crippen LogP contribution in [-0.2, 0) is 21.8 Å². The molecule has 2 heterocycles. The molecule has 5 nitrogen and oxygen atoms in total. The third kappa shape index (κ3) is 2.92. The van der Waals surface area contributed by atoms with Gasteiger partial charge in [-0.1, -0.05) is 36.2 Å². The number of ether oxygens (including phenoxy) is 2. The van der Waals surface area contributed by atoms with Crippen LogP contribution in [0.1, 0.15) is 18.9 Å². The molecule has 0 bridgehead atoms. The Bertz CT molecular complexity index is 621. The summed E-state index contributed by atoms with van der Waals surface area (Å²) >= 11 is 12.3. The van der Waals surface area contributed by atoms with Gasteiger partial charge in [0, 0.05) is 10.6 Å². The lowest BCUT2D eigenvalue weighted by molar-refractivity contribution is -0.188. The standard InChI is InChI=1S/C14H15Cl2N3O2/c1-2-11-6-20-14(21-11,7-19-9-17-8-18-19)12-4-3-10(15)5-13(12)16/h3-5,8-9,11H,2,6-7H2,1H3/t11?,14-/m0/s1. The van der Waals surface area contributed by atoms with E-state index in [1.807, 2.05) is 6.07 Å². The molecule has 1 fully saturated rings. The summed E-state index contributed by atoms with van der Waals surface area (Å²) in [4.78, 5) is 3.95. The number of benzene rings is 1. The van der Waals surface area contributed by atoms with Crippen LogP contribution in [0, 0.1) is 0 Å². The zero-order valence-electron chi connectivity index (χ0n) is 11.5. The first-order valence-corrected chi connectivity index (χ1v) is 7.48. The maximum atomic E-state index is 6.34. The van der Waals surface area contributed by atoms with E-state index in [0.717, 1.165) is 12.0 Å². The van der Waals surface area contributed by atoms with Gasteiger partial charge in [-0.05, 0) is 18.6 Å². The highest BCUT2D eigenvalue weighted by atomic mass is 35.5. The monoisotopic (exact) mass is 327 g/mol.